The standard InChI is InChI=1S/C13H19N5O2S/c1-17(2)21(19,20)11-4-5-13(12(14)8-11)15-9-10-6-7-18(3)16-10/h4-8,15H,9,14H2,1-3H3. The van der Waals surface area contributed by atoms with Gasteiger partial charge in [-0.15, -0.1) is 0 Å². The fourth-order valence-corrected chi connectivity index (χ4v) is 2.75. The minimum absolute atomic E-state index is 0.174. The molecule has 0 saturated heterocycles. The quantitative estimate of drug-likeness (QED) is 0.799. The van der Waals surface area contributed by atoms with Crippen molar-refractivity contribution >= 4 is 21.4 Å². The maximum Gasteiger partial charge on any atom is 0.242 e. The largest absolute Gasteiger partial charge is 0.397 e. The fourth-order valence-electron chi connectivity index (χ4n) is 1.82. The van der Waals surface area contributed by atoms with Gasteiger partial charge >= 0.3 is 0 Å². The minimum atomic E-state index is -3.47. The van der Waals surface area contributed by atoms with Crippen molar-refractivity contribution in [1.82, 2.24) is 14.1 Å². The van der Waals surface area contributed by atoms with Crippen LogP contribution in [-0.2, 0) is 23.6 Å². The third kappa shape index (κ3) is 3.34. The number of aryl methyl sites for hydroxylation is 1. The van der Waals surface area contributed by atoms with E-state index in [0.29, 0.717) is 17.9 Å². The Bertz CT molecular complexity index is 737. The predicted molar refractivity (Wildman–Crippen MR) is 82.3 cm³/mol. The molecule has 0 radical (unpaired) electrons. The number of nitrogens with two attached hydrogens (primary N) is 1. The van der Waals surface area contributed by atoms with Crippen LogP contribution in [0.5, 0.6) is 0 Å². The topological polar surface area (TPSA) is 93.2 Å². The number of nitrogens with zero attached hydrogens (tertiary/aromatic N) is 3. The van der Waals surface area contributed by atoms with Crippen LogP contribution in [0.2, 0.25) is 0 Å². The molecule has 1 aromatic heterocycles. The first-order valence-corrected chi connectivity index (χ1v) is 7.79. The number of benzene rings is 1. The molecule has 0 unspecified atom stereocenters. The lowest BCUT2D eigenvalue weighted by molar-refractivity contribution is 0.521. The predicted octanol–water partition coefficient (Wildman–Crippen LogP) is 0.865. The Hall–Kier alpha value is -2.06. The van der Waals surface area contributed by atoms with Crippen LogP contribution in [0.15, 0.2) is 35.4 Å². The number of hydrogen-bond acceptors (Lipinski definition) is 5. The third-order valence-corrected chi connectivity index (χ3v) is 4.84. The first kappa shape index (κ1) is 15.3. The molecule has 0 aliphatic heterocycles. The minimum Gasteiger partial charge on any atom is -0.397 e. The Labute approximate surface area is 124 Å². The maximum absolute atomic E-state index is 12.0. The molecular formula is C13H19N5O2S. The Kier molecular flexibility index (Phi) is 4.19. The van der Waals surface area contributed by atoms with E-state index >= 15 is 0 Å². The summed E-state index contributed by atoms with van der Waals surface area (Å²) in [5.74, 6) is 0. The van der Waals surface area contributed by atoms with E-state index in [-0.39, 0.29) is 4.90 Å². The Balaban J connectivity index is 2.16. The van der Waals surface area contributed by atoms with Crippen molar-refractivity contribution in [3.05, 3.63) is 36.2 Å². The third-order valence-electron chi connectivity index (χ3n) is 3.03. The number of aromatic nitrogens is 2. The van der Waals surface area contributed by atoms with Crippen molar-refractivity contribution in [3.63, 3.8) is 0 Å². The first-order valence-electron chi connectivity index (χ1n) is 6.35. The molecule has 0 aliphatic carbocycles. The number of nitrogen functional groups attached to an aromatic ring is 1. The fraction of sp³-hybridized carbons (Fsp3) is 0.308. The zero-order chi connectivity index (χ0) is 15.6. The Morgan fingerprint density at radius 1 is 1.33 bits per heavy atom. The molecule has 114 valence electrons. The molecule has 0 spiro atoms. The van der Waals surface area contributed by atoms with E-state index in [4.69, 9.17) is 5.73 Å². The molecule has 0 atom stereocenters. The van der Waals surface area contributed by atoms with Crippen molar-refractivity contribution in [2.75, 3.05) is 25.1 Å². The average Bonchev–Trinajstić information content (AvgIpc) is 2.82. The number of hydrogen-bond donors (Lipinski definition) is 2. The van der Waals surface area contributed by atoms with Gasteiger partial charge in [-0.05, 0) is 24.3 Å². The van der Waals surface area contributed by atoms with Crippen LogP contribution in [0.1, 0.15) is 5.69 Å². The lowest BCUT2D eigenvalue weighted by Gasteiger charge is -2.14. The SMILES string of the molecule is CN(C)S(=O)(=O)c1ccc(NCc2ccn(C)n2)c(N)c1. The highest BCUT2D eigenvalue weighted by Gasteiger charge is 2.18. The molecule has 3 N–H and O–H groups in total. The summed E-state index contributed by atoms with van der Waals surface area (Å²) in [6, 6.07) is 6.55. The molecule has 1 aromatic carbocycles. The van der Waals surface area contributed by atoms with Gasteiger partial charge in [0.05, 0.1) is 28.5 Å². The summed E-state index contributed by atoms with van der Waals surface area (Å²) < 4.78 is 26.9. The second-order valence-electron chi connectivity index (χ2n) is 4.87. The molecule has 0 bridgehead atoms. The van der Waals surface area contributed by atoms with Gasteiger partial charge < -0.3 is 11.1 Å². The van der Waals surface area contributed by atoms with Crippen molar-refractivity contribution in [3.8, 4) is 0 Å². The summed E-state index contributed by atoms with van der Waals surface area (Å²) in [5, 5.41) is 7.39. The van der Waals surface area contributed by atoms with Gasteiger partial charge in [-0.3, -0.25) is 4.68 Å². The van der Waals surface area contributed by atoms with Crippen LogP contribution in [0.25, 0.3) is 0 Å². The number of rotatable bonds is 5. The summed E-state index contributed by atoms with van der Waals surface area (Å²) in [6.07, 6.45) is 1.85. The van der Waals surface area contributed by atoms with Crippen LogP contribution in [0.4, 0.5) is 11.4 Å². The summed E-state index contributed by atoms with van der Waals surface area (Å²) in [5.41, 5.74) is 7.86. The summed E-state index contributed by atoms with van der Waals surface area (Å²) >= 11 is 0. The van der Waals surface area contributed by atoms with Crippen LogP contribution >= 0.6 is 0 Å². The molecule has 7 nitrogen and oxygen atoms in total. The molecule has 2 aromatic rings. The highest BCUT2D eigenvalue weighted by Crippen LogP contribution is 2.24. The Morgan fingerprint density at radius 2 is 2.05 bits per heavy atom. The zero-order valence-electron chi connectivity index (χ0n) is 12.2. The van der Waals surface area contributed by atoms with Crippen LogP contribution in [-0.4, -0.2) is 36.6 Å². The van der Waals surface area contributed by atoms with Crippen LogP contribution in [0, 0.1) is 0 Å². The van der Waals surface area contributed by atoms with Crippen molar-refractivity contribution < 1.29 is 8.42 Å². The molecule has 1 heterocycles. The second kappa shape index (κ2) is 5.74. The van der Waals surface area contributed by atoms with Gasteiger partial charge in [0.1, 0.15) is 0 Å². The zero-order valence-corrected chi connectivity index (χ0v) is 13.1. The van der Waals surface area contributed by atoms with Gasteiger partial charge in [-0.2, -0.15) is 5.10 Å². The molecule has 0 saturated carbocycles. The van der Waals surface area contributed by atoms with E-state index < -0.39 is 10.0 Å². The average molecular weight is 309 g/mol. The highest BCUT2D eigenvalue weighted by molar-refractivity contribution is 7.89. The molecule has 0 aliphatic rings. The number of sulfonamides is 1. The van der Waals surface area contributed by atoms with Gasteiger partial charge in [-0.25, -0.2) is 12.7 Å². The summed E-state index contributed by atoms with van der Waals surface area (Å²) in [4.78, 5) is 0.174. The number of anilines is 2. The monoisotopic (exact) mass is 309 g/mol. The van der Waals surface area contributed by atoms with Crippen molar-refractivity contribution in [2.45, 2.75) is 11.4 Å². The van der Waals surface area contributed by atoms with E-state index in [1.165, 1.54) is 26.2 Å². The second-order valence-corrected chi connectivity index (χ2v) is 7.02. The van der Waals surface area contributed by atoms with Crippen LogP contribution in [0.3, 0.4) is 0 Å². The van der Waals surface area contributed by atoms with Gasteiger partial charge in [0, 0.05) is 27.3 Å². The normalized spacial score (nSPS) is 11.8. The molecule has 0 amide bonds. The van der Waals surface area contributed by atoms with E-state index in [2.05, 4.69) is 10.4 Å². The summed E-state index contributed by atoms with van der Waals surface area (Å²) in [6.45, 7) is 0.519. The molecule has 2 rings (SSSR count). The molecule has 0 fully saturated rings. The molecule has 8 heteroatoms. The van der Waals surface area contributed by atoms with Gasteiger partial charge in [0.25, 0.3) is 0 Å². The van der Waals surface area contributed by atoms with E-state index in [1.807, 2.05) is 19.3 Å². The molecule has 21 heavy (non-hydrogen) atoms. The van der Waals surface area contributed by atoms with Crippen LogP contribution < -0.4 is 11.1 Å². The van der Waals surface area contributed by atoms with E-state index in [9.17, 15) is 8.42 Å². The van der Waals surface area contributed by atoms with Crippen molar-refractivity contribution in [1.29, 1.82) is 0 Å². The summed E-state index contributed by atoms with van der Waals surface area (Å²) in [7, 11) is 1.35. The van der Waals surface area contributed by atoms with Crippen molar-refractivity contribution in [2.24, 2.45) is 7.05 Å². The number of nitrogens with one attached hydrogen (secondary N) is 1. The lowest BCUT2D eigenvalue weighted by Crippen LogP contribution is -2.22. The van der Waals surface area contributed by atoms with Gasteiger partial charge in [0.15, 0.2) is 0 Å². The Morgan fingerprint density at radius 3 is 2.57 bits per heavy atom. The lowest BCUT2D eigenvalue weighted by atomic mass is 10.2. The van der Waals surface area contributed by atoms with Gasteiger partial charge in [-0.1, -0.05) is 0 Å². The molecular weight excluding hydrogens is 290 g/mol. The smallest absolute Gasteiger partial charge is 0.242 e. The van der Waals surface area contributed by atoms with Gasteiger partial charge in [0.2, 0.25) is 10.0 Å². The van der Waals surface area contributed by atoms with E-state index in [1.54, 1.807) is 10.7 Å². The maximum atomic E-state index is 12.0. The highest BCUT2D eigenvalue weighted by atomic mass is 32.2. The van der Waals surface area contributed by atoms with E-state index in [0.717, 1.165) is 10.00 Å². The first-order chi connectivity index (χ1) is 9.80.